The van der Waals surface area contributed by atoms with Gasteiger partial charge in [0, 0.05) is 0 Å². The molecule has 2 rings (SSSR count). The molecule has 0 radical (unpaired) electrons. The summed E-state index contributed by atoms with van der Waals surface area (Å²) in [5.74, 6) is 1.67. The number of hydrogen-bond donors (Lipinski definition) is 1. The molecule has 1 aromatic carbocycles. The largest absolute Gasteiger partial charge is 0.454 e. The van der Waals surface area contributed by atoms with Crippen molar-refractivity contribution in [2.24, 2.45) is 5.73 Å². The van der Waals surface area contributed by atoms with Crippen LogP contribution in [0.15, 0.2) is 24.3 Å². The average molecular weight is 219 g/mol. The Balaban J connectivity index is 2.11. The summed E-state index contributed by atoms with van der Waals surface area (Å²) in [5.41, 5.74) is 7.90. The van der Waals surface area contributed by atoms with Crippen molar-refractivity contribution in [1.29, 1.82) is 0 Å². The summed E-state index contributed by atoms with van der Waals surface area (Å²) in [4.78, 5) is 0. The summed E-state index contributed by atoms with van der Waals surface area (Å²) in [7, 11) is 0. The fraction of sp³-hybridized carbons (Fsp3) is 0.385. The summed E-state index contributed by atoms with van der Waals surface area (Å²) in [6, 6.07) is 6.04. The molecule has 0 bridgehead atoms. The van der Waals surface area contributed by atoms with E-state index in [-0.39, 0.29) is 0 Å². The van der Waals surface area contributed by atoms with E-state index in [2.05, 4.69) is 19.1 Å². The van der Waals surface area contributed by atoms with Crippen molar-refractivity contribution >= 4 is 5.57 Å². The number of ether oxygens (including phenoxy) is 2. The van der Waals surface area contributed by atoms with Crippen LogP contribution < -0.4 is 15.2 Å². The van der Waals surface area contributed by atoms with Gasteiger partial charge in [0.2, 0.25) is 6.79 Å². The molecule has 2 N–H and O–H groups in total. The van der Waals surface area contributed by atoms with Gasteiger partial charge in [0.05, 0.1) is 0 Å². The second-order valence-corrected chi connectivity index (χ2v) is 3.89. The number of hydrogen-bond acceptors (Lipinski definition) is 3. The normalized spacial score (nSPS) is 14.2. The number of benzene rings is 1. The molecule has 0 saturated carbocycles. The molecule has 0 unspecified atom stereocenters. The van der Waals surface area contributed by atoms with E-state index in [1.165, 1.54) is 11.1 Å². The first-order valence-corrected chi connectivity index (χ1v) is 5.58. The summed E-state index contributed by atoms with van der Waals surface area (Å²) in [5, 5.41) is 0. The number of unbranched alkanes of at least 4 members (excludes halogenated alkanes) is 1. The molecule has 0 atom stereocenters. The fourth-order valence-electron chi connectivity index (χ4n) is 1.70. The van der Waals surface area contributed by atoms with Crippen LogP contribution in [-0.2, 0) is 0 Å². The van der Waals surface area contributed by atoms with Gasteiger partial charge < -0.3 is 15.2 Å². The maximum absolute atomic E-state index is 5.46. The highest BCUT2D eigenvalue weighted by molar-refractivity contribution is 5.66. The predicted molar refractivity (Wildman–Crippen MR) is 64.5 cm³/mol. The van der Waals surface area contributed by atoms with Crippen molar-refractivity contribution in [3.63, 3.8) is 0 Å². The maximum Gasteiger partial charge on any atom is 0.231 e. The van der Waals surface area contributed by atoms with Crippen molar-refractivity contribution < 1.29 is 9.47 Å². The minimum atomic E-state index is 0.328. The molecule has 86 valence electrons. The summed E-state index contributed by atoms with van der Waals surface area (Å²) in [6.45, 7) is 3.17. The van der Waals surface area contributed by atoms with Crippen LogP contribution >= 0.6 is 0 Å². The van der Waals surface area contributed by atoms with E-state index in [4.69, 9.17) is 15.2 Å². The molecular formula is C13H17NO2. The van der Waals surface area contributed by atoms with Crippen molar-refractivity contribution in [2.45, 2.75) is 19.8 Å². The highest BCUT2D eigenvalue weighted by atomic mass is 16.7. The lowest BCUT2D eigenvalue weighted by Gasteiger charge is -2.03. The van der Waals surface area contributed by atoms with Gasteiger partial charge in [0.15, 0.2) is 11.5 Å². The van der Waals surface area contributed by atoms with Crippen molar-refractivity contribution in [1.82, 2.24) is 0 Å². The Kier molecular flexibility index (Phi) is 3.47. The topological polar surface area (TPSA) is 44.5 Å². The maximum atomic E-state index is 5.46. The van der Waals surface area contributed by atoms with Gasteiger partial charge in [-0.3, -0.25) is 0 Å². The zero-order valence-corrected chi connectivity index (χ0v) is 9.53. The number of nitrogens with two attached hydrogens (primary N) is 1. The van der Waals surface area contributed by atoms with Crippen LogP contribution in [0, 0.1) is 0 Å². The Bertz CT molecular complexity index is 399. The third-order valence-corrected chi connectivity index (χ3v) is 2.69. The van der Waals surface area contributed by atoms with Crippen molar-refractivity contribution in [2.75, 3.05) is 13.3 Å². The van der Waals surface area contributed by atoms with Gasteiger partial charge in [0.25, 0.3) is 0 Å². The quantitative estimate of drug-likeness (QED) is 0.791. The second kappa shape index (κ2) is 5.03. The molecule has 16 heavy (non-hydrogen) atoms. The van der Waals surface area contributed by atoms with E-state index in [9.17, 15) is 0 Å². The van der Waals surface area contributed by atoms with Crippen LogP contribution in [0.4, 0.5) is 0 Å². The molecule has 0 aromatic heterocycles. The van der Waals surface area contributed by atoms with Gasteiger partial charge in [-0.25, -0.2) is 0 Å². The van der Waals surface area contributed by atoms with E-state index >= 15 is 0 Å². The Morgan fingerprint density at radius 2 is 2.19 bits per heavy atom. The molecule has 0 spiro atoms. The summed E-state index contributed by atoms with van der Waals surface area (Å²) in [6.07, 6.45) is 4.27. The zero-order chi connectivity index (χ0) is 11.4. The van der Waals surface area contributed by atoms with Crippen LogP contribution in [-0.4, -0.2) is 13.3 Å². The third-order valence-electron chi connectivity index (χ3n) is 2.69. The molecule has 3 nitrogen and oxygen atoms in total. The highest BCUT2D eigenvalue weighted by Gasteiger charge is 2.13. The lowest BCUT2D eigenvalue weighted by molar-refractivity contribution is 0.174. The van der Waals surface area contributed by atoms with Gasteiger partial charge in [-0.1, -0.05) is 12.1 Å². The zero-order valence-electron chi connectivity index (χ0n) is 9.53. The smallest absolute Gasteiger partial charge is 0.231 e. The molecular weight excluding hydrogens is 202 g/mol. The van der Waals surface area contributed by atoms with Gasteiger partial charge in [0.1, 0.15) is 0 Å². The number of fused-ring (bicyclic) bond motifs is 1. The van der Waals surface area contributed by atoms with E-state index in [0.717, 1.165) is 30.9 Å². The lowest BCUT2D eigenvalue weighted by Crippen LogP contribution is -1.96. The van der Waals surface area contributed by atoms with Gasteiger partial charge in [-0.2, -0.15) is 0 Å². The van der Waals surface area contributed by atoms with Crippen molar-refractivity contribution in [3.05, 3.63) is 29.8 Å². The first-order chi connectivity index (χ1) is 7.81. The molecule has 3 heteroatoms. The Morgan fingerprint density at radius 1 is 1.38 bits per heavy atom. The standard InChI is InChI=1S/C13H17NO2/c1-10(4-2-3-7-14)11-5-6-12-13(8-11)16-9-15-12/h4-6,8H,2-3,7,9,14H2,1H3/b10-4+. The molecule has 1 heterocycles. The molecule has 0 fully saturated rings. The van der Waals surface area contributed by atoms with Crippen LogP contribution in [0.3, 0.4) is 0 Å². The first-order valence-electron chi connectivity index (χ1n) is 5.58. The summed E-state index contributed by atoms with van der Waals surface area (Å²) >= 11 is 0. The third kappa shape index (κ3) is 2.36. The Labute approximate surface area is 95.9 Å². The van der Waals surface area contributed by atoms with E-state index in [1.54, 1.807) is 0 Å². The number of rotatable bonds is 4. The highest BCUT2D eigenvalue weighted by Crippen LogP contribution is 2.34. The van der Waals surface area contributed by atoms with Crippen LogP contribution in [0.25, 0.3) is 5.57 Å². The van der Waals surface area contributed by atoms with E-state index in [0.29, 0.717) is 6.79 Å². The molecule has 1 aliphatic rings. The van der Waals surface area contributed by atoms with Crippen LogP contribution in [0.1, 0.15) is 25.3 Å². The second-order valence-electron chi connectivity index (χ2n) is 3.89. The monoisotopic (exact) mass is 219 g/mol. The minimum Gasteiger partial charge on any atom is -0.454 e. The van der Waals surface area contributed by atoms with E-state index in [1.807, 2.05) is 12.1 Å². The van der Waals surface area contributed by atoms with Gasteiger partial charge >= 0.3 is 0 Å². The molecule has 0 aliphatic carbocycles. The number of allylic oxidation sites excluding steroid dienone is 2. The van der Waals surface area contributed by atoms with Crippen molar-refractivity contribution in [3.8, 4) is 11.5 Å². The molecule has 1 aliphatic heterocycles. The Morgan fingerprint density at radius 3 is 3.00 bits per heavy atom. The SMILES string of the molecule is C/C(=C\CCCN)c1ccc2c(c1)OCO2. The van der Waals surface area contributed by atoms with Gasteiger partial charge in [-0.05, 0) is 49.6 Å². The van der Waals surface area contributed by atoms with Crippen LogP contribution in [0.5, 0.6) is 11.5 Å². The molecule has 0 amide bonds. The first kappa shape index (κ1) is 11.0. The Hall–Kier alpha value is -1.48. The average Bonchev–Trinajstić information content (AvgIpc) is 2.76. The van der Waals surface area contributed by atoms with E-state index < -0.39 is 0 Å². The predicted octanol–water partition coefficient (Wildman–Crippen LogP) is 2.56. The fourth-order valence-corrected chi connectivity index (χ4v) is 1.70. The molecule has 1 aromatic rings. The minimum absolute atomic E-state index is 0.328. The lowest BCUT2D eigenvalue weighted by atomic mass is 10.1. The molecule has 0 saturated heterocycles. The summed E-state index contributed by atoms with van der Waals surface area (Å²) < 4.78 is 10.6. The van der Waals surface area contributed by atoms with Gasteiger partial charge in [-0.15, -0.1) is 0 Å². The van der Waals surface area contributed by atoms with Crippen LogP contribution in [0.2, 0.25) is 0 Å².